The van der Waals surface area contributed by atoms with Gasteiger partial charge in [-0.2, -0.15) is 0 Å². The van der Waals surface area contributed by atoms with E-state index in [2.05, 4.69) is 15.3 Å². The lowest BCUT2D eigenvalue weighted by molar-refractivity contribution is -0.119. The number of hydrogen-bond donors (Lipinski definition) is 1. The molecule has 0 atom stereocenters. The first kappa shape index (κ1) is 19.0. The Labute approximate surface area is 162 Å². The number of nitrogens with zero attached hydrogens (tertiary/aromatic N) is 2. The summed E-state index contributed by atoms with van der Waals surface area (Å²) in [7, 11) is 1.65. The van der Waals surface area contributed by atoms with Crippen LogP contribution in [0.25, 0.3) is 0 Å². The summed E-state index contributed by atoms with van der Waals surface area (Å²) < 4.78 is 5.21. The first-order valence-electron chi connectivity index (χ1n) is 8.73. The van der Waals surface area contributed by atoms with Gasteiger partial charge in [0.15, 0.2) is 5.16 Å². The molecule has 1 aromatic carbocycles. The number of rotatable bonds is 7. The highest BCUT2D eigenvalue weighted by molar-refractivity contribution is 8.00. The van der Waals surface area contributed by atoms with Gasteiger partial charge in [0, 0.05) is 28.6 Å². The number of carbonyl (C=O) groups excluding carboxylic acids is 1. The lowest BCUT2D eigenvalue weighted by Gasteiger charge is -2.28. The van der Waals surface area contributed by atoms with Gasteiger partial charge in [0.05, 0.1) is 12.9 Å². The molecule has 7 heteroatoms. The van der Waals surface area contributed by atoms with Crippen molar-refractivity contribution in [1.29, 1.82) is 0 Å². The van der Waals surface area contributed by atoms with Crippen LogP contribution < -0.4 is 10.1 Å². The monoisotopic (exact) mass is 389 g/mol. The molecule has 3 rings (SSSR count). The molecule has 0 saturated heterocycles. The lowest BCUT2D eigenvalue weighted by atomic mass is 9.95. The summed E-state index contributed by atoms with van der Waals surface area (Å²) in [5.41, 5.74) is 0. The number of benzene rings is 1. The number of amides is 1. The van der Waals surface area contributed by atoms with E-state index in [-0.39, 0.29) is 11.9 Å². The second-order valence-electron chi connectivity index (χ2n) is 6.16. The average Bonchev–Trinajstić information content (AvgIpc) is 2.69. The standard InChI is InChI=1S/C19H23N3O2S2/c1-24-15-4-2-5-17(12-15)25-13-18(23)22-14-6-8-16(9-7-14)26-19-20-10-3-11-21-19/h2-5,10-12,14,16H,6-9,13H2,1H3,(H,22,23). The summed E-state index contributed by atoms with van der Waals surface area (Å²) >= 11 is 3.28. The van der Waals surface area contributed by atoms with Crippen molar-refractivity contribution in [3.05, 3.63) is 42.7 Å². The van der Waals surface area contributed by atoms with Crippen LogP contribution >= 0.6 is 23.5 Å². The van der Waals surface area contributed by atoms with Gasteiger partial charge in [-0.25, -0.2) is 9.97 Å². The molecule has 0 bridgehead atoms. The molecule has 1 aliphatic carbocycles. The van der Waals surface area contributed by atoms with Crippen LogP contribution in [0.1, 0.15) is 25.7 Å². The summed E-state index contributed by atoms with van der Waals surface area (Å²) in [5, 5.41) is 4.55. The number of hydrogen-bond acceptors (Lipinski definition) is 6. The largest absolute Gasteiger partial charge is 0.497 e. The Balaban J connectivity index is 1.38. The van der Waals surface area contributed by atoms with E-state index in [1.807, 2.05) is 30.3 Å². The van der Waals surface area contributed by atoms with E-state index in [0.717, 1.165) is 41.5 Å². The van der Waals surface area contributed by atoms with Gasteiger partial charge in [0.2, 0.25) is 5.91 Å². The predicted molar refractivity (Wildman–Crippen MR) is 106 cm³/mol. The van der Waals surface area contributed by atoms with E-state index in [1.165, 1.54) is 11.8 Å². The molecule has 1 aromatic heterocycles. The van der Waals surface area contributed by atoms with E-state index < -0.39 is 0 Å². The van der Waals surface area contributed by atoms with Crippen molar-refractivity contribution in [2.75, 3.05) is 12.9 Å². The molecule has 2 aromatic rings. The fourth-order valence-corrected chi connectivity index (χ4v) is 4.73. The van der Waals surface area contributed by atoms with Crippen LogP contribution in [0.15, 0.2) is 52.8 Å². The van der Waals surface area contributed by atoms with E-state index in [1.54, 1.807) is 31.3 Å². The van der Waals surface area contributed by atoms with Gasteiger partial charge in [-0.15, -0.1) is 11.8 Å². The van der Waals surface area contributed by atoms with Crippen LogP contribution in [-0.2, 0) is 4.79 Å². The Morgan fingerprint density at radius 1 is 1.19 bits per heavy atom. The third-order valence-electron chi connectivity index (χ3n) is 4.26. The maximum absolute atomic E-state index is 12.2. The molecule has 5 nitrogen and oxygen atoms in total. The molecule has 0 aliphatic heterocycles. The lowest BCUT2D eigenvalue weighted by Crippen LogP contribution is -2.39. The van der Waals surface area contributed by atoms with Crippen molar-refractivity contribution < 1.29 is 9.53 Å². The van der Waals surface area contributed by atoms with Crippen LogP contribution in [0, 0.1) is 0 Å². The Kier molecular flexibility index (Phi) is 7.20. The minimum atomic E-state index is 0.0975. The molecule has 1 heterocycles. The summed E-state index contributed by atoms with van der Waals surface area (Å²) in [6.45, 7) is 0. The van der Waals surface area contributed by atoms with Gasteiger partial charge < -0.3 is 10.1 Å². The van der Waals surface area contributed by atoms with Crippen LogP contribution in [-0.4, -0.2) is 40.0 Å². The Hall–Kier alpha value is -1.73. The molecule has 1 fully saturated rings. The fourth-order valence-electron chi connectivity index (χ4n) is 2.93. The zero-order valence-corrected chi connectivity index (χ0v) is 16.4. The molecule has 1 amide bonds. The number of thioether (sulfide) groups is 2. The van der Waals surface area contributed by atoms with Crippen LogP contribution in [0.3, 0.4) is 0 Å². The average molecular weight is 390 g/mol. The Bertz CT molecular complexity index is 707. The molecule has 1 saturated carbocycles. The molecular formula is C19H23N3O2S2. The maximum atomic E-state index is 12.2. The fraction of sp³-hybridized carbons (Fsp3) is 0.421. The zero-order chi connectivity index (χ0) is 18.2. The molecule has 0 spiro atoms. The van der Waals surface area contributed by atoms with Crippen molar-refractivity contribution in [3.63, 3.8) is 0 Å². The topological polar surface area (TPSA) is 64.1 Å². The van der Waals surface area contributed by atoms with Gasteiger partial charge in [0.1, 0.15) is 5.75 Å². The molecule has 0 unspecified atom stereocenters. The summed E-state index contributed by atoms with van der Waals surface area (Å²) in [6.07, 6.45) is 7.75. The first-order valence-corrected chi connectivity index (χ1v) is 10.6. The molecule has 0 radical (unpaired) electrons. The van der Waals surface area contributed by atoms with Crippen LogP contribution in [0.2, 0.25) is 0 Å². The van der Waals surface area contributed by atoms with Crippen molar-refractivity contribution in [1.82, 2.24) is 15.3 Å². The molecular weight excluding hydrogens is 366 g/mol. The highest BCUT2D eigenvalue weighted by atomic mass is 32.2. The normalized spacial score (nSPS) is 19.7. The third-order valence-corrected chi connectivity index (χ3v) is 6.48. The van der Waals surface area contributed by atoms with Crippen LogP contribution in [0.5, 0.6) is 5.75 Å². The van der Waals surface area contributed by atoms with E-state index in [4.69, 9.17) is 4.74 Å². The number of aromatic nitrogens is 2. The number of carbonyl (C=O) groups is 1. The van der Waals surface area contributed by atoms with Crippen molar-refractivity contribution in [3.8, 4) is 5.75 Å². The smallest absolute Gasteiger partial charge is 0.230 e. The van der Waals surface area contributed by atoms with Crippen molar-refractivity contribution >= 4 is 29.4 Å². The Morgan fingerprint density at radius 2 is 1.96 bits per heavy atom. The van der Waals surface area contributed by atoms with Gasteiger partial charge in [-0.3, -0.25) is 4.79 Å². The van der Waals surface area contributed by atoms with Gasteiger partial charge in [0.25, 0.3) is 0 Å². The number of methoxy groups -OCH3 is 1. The SMILES string of the molecule is COc1cccc(SCC(=O)NC2CCC(Sc3ncccn3)CC2)c1. The molecule has 1 N–H and O–H groups in total. The number of nitrogens with one attached hydrogen (secondary N) is 1. The molecule has 26 heavy (non-hydrogen) atoms. The molecule has 1 aliphatic rings. The summed E-state index contributed by atoms with van der Waals surface area (Å²) in [6, 6.07) is 9.90. The first-order chi connectivity index (χ1) is 12.7. The van der Waals surface area contributed by atoms with Crippen LogP contribution in [0.4, 0.5) is 0 Å². The highest BCUT2D eigenvalue weighted by Crippen LogP contribution is 2.32. The number of ether oxygens (including phenoxy) is 1. The minimum absolute atomic E-state index is 0.0975. The minimum Gasteiger partial charge on any atom is -0.497 e. The summed E-state index contributed by atoms with van der Waals surface area (Å²) in [4.78, 5) is 21.8. The summed E-state index contributed by atoms with van der Waals surface area (Å²) in [5.74, 6) is 1.34. The Morgan fingerprint density at radius 3 is 2.69 bits per heavy atom. The van der Waals surface area contributed by atoms with E-state index in [0.29, 0.717) is 11.0 Å². The van der Waals surface area contributed by atoms with E-state index in [9.17, 15) is 4.79 Å². The van der Waals surface area contributed by atoms with Gasteiger partial charge in [-0.1, -0.05) is 17.8 Å². The van der Waals surface area contributed by atoms with Gasteiger partial charge >= 0.3 is 0 Å². The maximum Gasteiger partial charge on any atom is 0.230 e. The van der Waals surface area contributed by atoms with Crippen molar-refractivity contribution in [2.24, 2.45) is 0 Å². The third kappa shape index (κ3) is 5.92. The zero-order valence-electron chi connectivity index (χ0n) is 14.8. The second-order valence-corrected chi connectivity index (χ2v) is 8.47. The van der Waals surface area contributed by atoms with Crippen molar-refractivity contribution in [2.45, 2.75) is 47.0 Å². The predicted octanol–water partition coefficient (Wildman–Crippen LogP) is 3.80. The van der Waals surface area contributed by atoms with Gasteiger partial charge in [-0.05, 0) is 49.9 Å². The van der Waals surface area contributed by atoms with E-state index >= 15 is 0 Å². The quantitative estimate of drug-likeness (QED) is 0.574. The second kappa shape index (κ2) is 9.83. The molecule has 138 valence electrons. The highest BCUT2D eigenvalue weighted by Gasteiger charge is 2.23.